The first kappa shape index (κ1) is 16.0. The van der Waals surface area contributed by atoms with Gasteiger partial charge < -0.3 is 19.7 Å². The van der Waals surface area contributed by atoms with E-state index in [9.17, 15) is 9.59 Å². The monoisotopic (exact) mass is 318 g/mol. The lowest BCUT2D eigenvalue weighted by Gasteiger charge is -2.38. The van der Waals surface area contributed by atoms with E-state index in [4.69, 9.17) is 9.47 Å². The Hall–Kier alpha value is -1.92. The smallest absolute Gasteiger partial charge is 0.251 e. The van der Waals surface area contributed by atoms with Crippen LogP contribution in [0.4, 0.5) is 0 Å². The molecule has 2 heterocycles. The van der Waals surface area contributed by atoms with Gasteiger partial charge in [0.15, 0.2) is 6.10 Å². The maximum absolute atomic E-state index is 12.6. The van der Waals surface area contributed by atoms with E-state index in [1.807, 2.05) is 30.3 Å². The molecule has 2 aliphatic heterocycles. The molecule has 0 unspecified atom stereocenters. The van der Waals surface area contributed by atoms with Gasteiger partial charge in [0.05, 0.1) is 12.1 Å². The van der Waals surface area contributed by atoms with Crippen molar-refractivity contribution in [1.82, 2.24) is 10.2 Å². The molecule has 2 aliphatic rings. The number of benzene rings is 1. The second-order valence-corrected chi connectivity index (χ2v) is 5.97. The molecule has 3 atom stereocenters. The van der Waals surface area contributed by atoms with Gasteiger partial charge in [0.2, 0.25) is 5.91 Å². The third-order valence-electron chi connectivity index (χ3n) is 4.41. The fourth-order valence-corrected chi connectivity index (χ4v) is 3.10. The van der Waals surface area contributed by atoms with Crippen LogP contribution in [-0.4, -0.2) is 55.7 Å². The maximum Gasteiger partial charge on any atom is 0.251 e. The van der Waals surface area contributed by atoms with Crippen LogP contribution in [0.2, 0.25) is 0 Å². The van der Waals surface area contributed by atoms with Crippen molar-refractivity contribution >= 4 is 11.8 Å². The number of hydrogen-bond donors (Lipinski definition) is 1. The highest BCUT2D eigenvalue weighted by molar-refractivity contribution is 5.86. The zero-order valence-electron chi connectivity index (χ0n) is 13.2. The van der Waals surface area contributed by atoms with Crippen LogP contribution in [-0.2, 0) is 19.1 Å². The Balaban J connectivity index is 1.72. The Morgan fingerprint density at radius 2 is 2.09 bits per heavy atom. The molecule has 0 saturated carbocycles. The van der Waals surface area contributed by atoms with Crippen molar-refractivity contribution in [1.29, 1.82) is 0 Å². The molecule has 2 amide bonds. The van der Waals surface area contributed by atoms with Gasteiger partial charge in [0.25, 0.3) is 5.91 Å². The highest BCUT2D eigenvalue weighted by Crippen LogP contribution is 2.29. The summed E-state index contributed by atoms with van der Waals surface area (Å²) in [6.07, 6.45) is 1.37. The molecule has 1 aromatic rings. The third kappa shape index (κ3) is 3.54. The van der Waals surface area contributed by atoms with E-state index >= 15 is 0 Å². The van der Waals surface area contributed by atoms with Crippen LogP contribution in [0.25, 0.3) is 0 Å². The molecule has 6 heteroatoms. The number of likely N-dealkylation sites (N-methyl/N-ethyl adjacent to an activating group) is 1. The first-order valence-corrected chi connectivity index (χ1v) is 7.98. The van der Waals surface area contributed by atoms with Gasteiger partial charge >= 0.3 is 0 Å². The summed E-state index contributed by atoms with van der Waals surface area (Å²) >= 11 is 0. The van der Waals surface area contributed by atoms with Gasteiger partial charge in [-0.15, -0.1) is 0 Å². The summed E-state index contributed by atoms with van der Waals surface area (Å²) in [5.74, 6) is -0.323. The summed E-state index contributed by atoms with van der Waals surface area (Å²) in [7, 11) is 1.71. The normalized spacial score (nSPS) is 28.0. The highest BCUT2D eigenvalue weighted by Gasteiger charge is 2.40. The lowest BCUT2D eigenvalue weighted by Crippen LogP contribution is -2.53. The number of morpholine rings is 1. The molecule has 23 heavy (non-hydrogen) atoms. The van der Waals surface area contributed by atoms with Crippen molar-refractivity contribution in [3.8, 4) is 0 Å². The van der Waals surface area contributed by atoms with E-state index in [-0.39, 0.29) is 24.5 Å². The van der Waals surface area contributed by atoms with Crippen molar-refractivity contribution in [3.05, 3.63) is 35.9 Å². The number of nitrogens with one attached hydrogen (secondary N) is 1. The lowest BCUT2D eigenvalue weighted by molar-refractivity contribution is -0.162. The molecule has 0 aromatic heterocycles. The second-order valence-electron chi connectivity index (χ2n) is 5.97. The number of nitrogens with zero attached hydrogens (tertiary/aromatic N) is 1. The third-order valence-corrected chi connectivity index (χ3v) is 4.41. The zero-order valence-corrected chi connectivity index (χ0v) is 13.2. The predicted molar refractivity (Wildman–Crippen MR) is 83.7 cm³/mol. The van der Waals surface area contributed by atoms with Crippen molar-refractivity contribution in [2.75, 3.05) is 26.8 Å². The van der Waals surface area contributed by atoms with E-state index in [0.29, 0.717) is 6.54 Å². The molecular formula is C17H22N2O4. The van der Waals surface area contributed by atoms with Crippen molar-refractivity contribution in [3.63, 3.8) is 0 Å². The van der Waals surface area contributed by atoms with Gasteiger partial charge in [-0.3, -0.25) is 9.59 Å². The van der Waals surface area contributed by atoms with Gasteiger partial charge in [0, 0.05) is 20.2 Å². The number of rotatable bonds is 4. The fourth-order valence-electron chi connectivity index (χ4n) is 3.10. The van der Waals surface area contributed by atoms with Gasteiger partial charge in [-0.1, -0.05) is 30.3 Å². The van der Waals surface area contributed by atoms with Crippen LogP contribution in [0.15, 0.2) is 30.3 Å². The molecule has 1 aromatic carbocycles. The standard InChI is InChI=1S/C17H22N2O4/c1-19-14(20)11-23-16(15(19)12-6-3-2-4-7-12)17(21)18-10-13-8-5-9-22-13/h2-4,6-7,13,15-16H,5,8-11H2,1H3,(H,18,21)/t13-,15+,16-/m0/s1. The second kappa shape index (κ2) is 7.10. The van der Waals surface area contributed by atoms with Gasteiger partial charge in [-0.25, -0.2) is 0 Å². The fraction of sp³-hybridized carbons (Fsp3) is 0.529. The molecule has 0 radical (unpaired) electrons. The largest absolute Gasteiger partial charge is 0.376 e. The van der Waals surface area contributed by atoms with Gasteiger partial charge in [-0.2, -0.15) is 0 Å². The van der Waals surface area contributed by atoms with E-state index in [1.54, 1.807) is 11.9 Å². The van der Waals surface area contributed by atoms with E-state index < -0.39 is 12.1 Å². The minimum atomic E-state index is -0.707. The number of carbonyl (C=O) groups excluding carboxylic acids is 2. The summed E-state index contributed by atoms with van der Waals surface area (Å²) in [6, 6.07) is 9.09. The molecule has 124 valence electrons. The SMILES string of the molecule is CN1C(=O)CO[C@H](C(=O)NC[C@@H]2CCCO2)[C@H]1c1ccccc1. The van der Waals surface area contributed by atoms with Crippen molar-refractivity contribution in [2.45, 2.75) is 31.1 Å². The summed E-state index contributed by atoms with van der Waals surface area (Å²) < 4.78 is 11.1. The number of hydrogen-bond acceptors (Lipinski definition) is 4. The molecule has 1 N–H and O–H groups in total. The van der Waals surface area contributed by atoms with E-state index in [0.717, 1.165) is 25.0 Å². The Morgan fingerprint density at radius 1 is 1.30 bits per heavy atom. The summed E-state index contributed by atoms with van der Waals surface area (Å²) in [5.41, 5.74) is 0.889. The molecular weight excluding hydrogens is 296 g/mol. The Bertz CT molecular complexity index is 557. The molecule has 2 fully saturated rings. The van der Waals surface area contributed by atoms with Crippen molar-refractivity contribution in [2.24, 2.45) is 0 Å². The van der Waals surface area contributed by atoms with Crippen LogP contribution in [0.5, 0.6) is 0 Å². The van der Waals surface area contributed by atoms with Crippen LogP contribution in [0, 0.1) is 0 Å². The minimum absolute atomic E-state index is 0.0716. The number of carbonyl (C=O) groups is 2. The molecule has 0 bridgehead atoms. The average molecular weight is 318 g/mol. The number of ether oxygens (including phenoxy) is 2. The summed E-state index contributed by atoms with van der Waals surface area (Å²) in [5, 5.41) is 2.90. The molecule has 3 rings (SSSR count). The van der Waals surface area contributed by atoms with Crippen molar-refractivity contribution < 1.29 is 19.1 Å². The Kier molecular flexibility index (Phi) is 4.93. The quantitative estimate of drug-likeness (QED) is 0.895. The molecule has 0 aliphatic carbocycles. The Morgan fingerprint density at radius 3 is 2.78 bits per heavy atom. The van der Waals surface area contributed by atoms with E-state index in [1.165, 1.54) is 0 Å². The van der Waals surface area contributed by atoms with Crippen LogP contribution < -0.4 is 5.32 Å². The lowest BCUT2D eigenvalue weighted by atomic mass is 9.97. The number of amides is 2. The average Bonchev–Trinajstić information content (AvgIpc) is 3.09. The van der Waals surface area contributed by atoms with Crippen LogP contribution in [0.1, 0.15) is 24.4 Å². The minimum Gasteiger partial charge on any atom is -0.376 e. The summed E-state index contributed by atoms with van der Waals surface area (Å²) in [6.45, 7) is 1.17. The summed E-state index contributed by atoms with van der Waals surface area (Å²) in [4.78, 5) is 26.1. The van der Waals surface area contributed by atoms with Crippen LogP contribution in [0.3, 0.4) is 0 Å². The Labute approximate surface area is 135 Å². The van der Waals surface area contributed by atoms with Gasteiger partial charge in [0.1, 0.15) is 6.61 Å². The molecule has 2 saturated heterocycles. The van der Waals surface area contributed by atoms with Gasteiger partial charge in [-0.05, 0) is 18.4 Å². The molecule has 0 spiro atoms. The zero-order chi connectivity index (χ0) is 16.2. The van der Waals surface area contributed by atoms with E-state index in [2.05, 4.69) is 5.32 Å². The first-order valence-electron chi connectivity index (χ1n) is 7.98. The van der Waals surface area contributed by atoms with Crippen LogP contribution >= 0.6 is 0 Å². The first-order chi connectivity index (χ1) is 11.2. The predicted octanol–water partition coefficient (Wildman–Crippen LogP) is 0.880. The maximum atomic E-state index is 12.6. The highest BCUT2D eigenvalue weighted by atomic mass is 16.5. The molecule has 6 nitrogen and oxygen atoms in total. The topological polar surface area (TPSA) is 67.9 Å².